The smallest absolute Gasteiger partial charge is 0.153 e. The fourth-order valence-electron chi connectivity index (χ4n) is 1.75. The van der Waals surface area contributed by atoms with Gasteiger partial charge in [0, 0.05) is 17.8 Å². The molecule has 2 aromatic rings. The van der Waals surface area contributed by atoms with Crippen molar-refractivity contribution < 1.29 is 9.47 Å². The van der Waals surface area contributed by atoms with Crippen molar-refractivity contribution in [2.45, 2.75) is 0 Å². The summed E-state index contributed by atoms with van der Waals surface area (Å²) in [5, 5.41) is 0. The van der Waals surface area contributed by atoms with Gasteiger partial charge in [-0.3, -0.25) is 4.99 Å². The first-order chi connectivity index (χ1) is 8.36. The van der Waals surface area contributed by atoms with Crippen LogP contribution in [0, 0.1) is 0 Å². The van der Waals surface area contributed by atoms with Crippen molar-refractivity contribution in [1.82, 2.24) is 0 Å². The molecule has 0 unspecified atom stereocenters. The van der Waals surface area contributed by atoms with Crippen molar-refractivity contribution in [2.24, 2.45) is 4.99 Å². The number of rotatable bonds is 1. The lowest BCUT2D eigenvalue weighted by molar-refractivity contribution is 0.413. The van der Waals surface area contributed by atoms with E-state index >= 15 is 0 Å². The highest BCUT2D eigenvalue weighted by atomic mass is 16.5. The topological polar surface area (TPSA) is 30.8 Å². The summed E-state index contributed by atoms with van der Waals surface area (Å²) in [7, 11) is 1.64. The third kappa shape index (κ3) is 1.76. The Bertz CT molecular complexity index is 591. The molecule has 3 nitrogen and oxygen atoms in total. The molecule has 0 amide bonds. The molecule has 1 heterocycles. The van der Waals surface area contributed by atoms with E-state index in [0.29, 0.717) is 0 Å². The summed E-state index contributed by atoms with van der Waals surface area (Å²) in [6.07, 6.45) is 1.81. The van der Waals surface area contributed by atoms with Crippen molar-refractivity contribution in [3.63, 3.8) is 0 Å². The summed E-state index contributed by atoms with van der Waals surface area (Å²) >= 11 is 0. The molecule has 3 heteroatoms. The molecule has 0 saturated heterocycles. The maximum Gasteiger partial charge on any atom is 0.153 e. The molecule has 17 heavy (non-hydrogen) atoms. The number of aliphatic imine (C=N–C) groups is 1. The van der Waals surface area contributed by atoms with Crippen molar-refractivity contribution in [3.05, 3.63) is 48.0 Å². The highest BCUT2D eigenvalue weighted by molar-refractivity contribution is 5.87. The first-order valence-corrected chi connectivity index (χ1v) is 5.36. The Morgan fingerprint density at radius 1 is 1.06 bits per heavy atom. The van der Waals surface area contributed by atoms with Crippen LogP contribution in [0.3, 0.4) is 0 Å². The van der Waals surface area contributed by atoms with Crippen LogP contribution in [0.1, 0.15) is 5.56 Å². The number of para-hydroxylation sites is 1. The zero-order valence-corrected chi connectivity index (χ0v) is 9.38. The van der Waals surface area contributed by atoms with E-state index in [1.54, 1.807) is 13.3 Å². The SMILES string of the molecule is COc1ccc2c(c1)N=Cc1ccccc1O2. The van der Waals surface area contributed by atoms with Gasteiger partial charge in [0.1, 0.15) is 17.2 Å². The predicted molar refractivity (Wildman–Crippen MR) is 66.8 cm³/mol. The van der Waals surface area contributed by atoms with Crippen LogP contribution < -0.4 is 9.47 Å². The monoisotopic (exact) mass is 225 g/mol. The lowest BCUT2D eigenvalue weighted by Gasteiger charge is -2.08. The second-order valence-corrected chi connectivity index (χ2v) is 3.73. The van der Waals surface area contributed by atoms with Crippen LogP contribution in [-0.4, -0.2) is 13.3 Å². The zero-order chi connectivity index (χ0) is 11.7. The van der Waals surface area contributed by atoms with Crippen molar-refractivity contribution in [3.8, 4) is 17.2 Å². The van der Waals surface area contributed by atoms with Gasteiger partial charge in [-0.2, -0.15) is 0 Å². The molecule has 0 radical (unpaired) electrons. The summed E-state index contributed by atoms with van der Waals surface area (Å²) in [6.45, 7) is 0. The molecular formula is C14H11NO2. The van der Waals surface area contributed by atoms with Gasteiger partial charge >= 0.3 is 0 Å². The van der Waals surface area contributed by atoms with E-state index < -0.39 is 0 Å². The average molecular weight is 225 g/mol. The second-order valence-electron chi connectivity index (χ2n) is 3.73. The minimum absolute atomic E-state index is 0.743. The first-order valence-electron chi connectivity index (χ1n) is 5.36. The maximum atomic E-state index is 5.82. The summed E-state index contributed by atoms with van der Waals surface area (Å²) < 4.78 is 11.0. The predicted octanol–water partition coefficient (Wildman–Crippen LogP) is 3.55. The van der Waals surface area contributed by atoms with E-state index in [0.717, 1.165) is 28.5 Å². The molecule has 3 rings (SSSR count). The van der Waals surface area contributed by atoms with Gasteiger partial charge < -0.3 is 9.47 Å². The zero-order valence-electron chi connectivity index (χ0n) is 9.38. The van der Waals surface area contributed by atoms with Gasteiger partial charge in [-0.25, -0.2) is 0 Å². The van der Waals surface area contributed by atoms with Gasteiger partial charge in [-0.05, 0) is 24.3 Å². The Labute approximate surface area is 99.3 Å². The number of nitrogens with zero attached hydrogens (tertiary/aromatic N) is 1. The van der Waals surface area contributed by atoms with Gasteiger partial charge in [-0.15, -0.1) is 0 Å². The number of fused-ring (bicyclic) bond motifs is 2. The number of hydrogen-bond donors (Lipinski definition) is 0. The molecule has 0 N–H and O–H groups in total. The number of ether oxygens (including phenoxy) is 2. The Balaban J connectivity index is 2.11. The van der Waals surface area contributed by atoms with E-state index in [9.17, 15) is 0 Å². The lowest BCUT2D eigenvalue weighted by Crippen LogP contribution is -1.87. The van der Waals surface area contributed by atoms with E-state index in [1.165, 1.54) is 0 Å². The molecule has 0 bridgehead atoms. The third-order valence-corrected chi connectivity index (χ3v) is 2.65. The second kappa shape index (κ2) is 3.94. The van der Waals surface area contributed by atoms with Crippen LogP contribution in [0.4, 0.5) is 5.69 Å². The Morgan fingerprint density at radius 2 is 1.94 bits per heavy atom. The van der Waals surface area contributed by atoms with Gasteiger partial charge in [-0.1, -0.05) is 12.1 Å². The minimum Gasteiger partial charge on any atom is -0.497 e. The standard InChI is InChI=1S/C14H11NO2/c1-16-11-6-7-14-12(8-11)15-9-10-4-2-3-5-13(10)17-14/h2-9H,1H3. The van der Waals surface area contributed by atoms with Crippen LogP contribution in [0.25, 0.3) is 0 Å². The average Bonchev–Trinajstić information content (AvgIpc) is 2.57. The number of methoxy groups -OCH3 is 1. The van der Waals surface area contributed by atoms with Crippen molar-refractivity contribution in [2.75, 3.05) is 7.11 Å². The first kappa shape index (κ1) is 9.90. The van der Waals surface area contributed by atoms with Gasteiger partial charge in [0.25, 0.3) is 0 Å². The van der Waals surface area contributed by atoms with Gasteiger partial charge in [0.15, 0.2) is 5.75 Å². The van der Waals surface area contributed by atoms with Crippen molar-refractivity contribution >= 4 is 11.9 Å². The molecule has 0 fully saturated rings. The Hall–Kier alpha value is -2.29. The molecular weight excluding hydrogens is 214 g/mol. The molecule has 0 saturated carbocycles. The van der Waals surface area contributed by atoms with Crippen LogP contribution in [0.5, 0.6) is 17.2 Å². The summed E-state index contributed by atoms with van der Waals surface area (Å²) in [5.41, 5.74) is 1.75. The molecule has 1 aliphatic heterocycles. The molecule has 1 aliphatic rings. The van der Waals surface area contributed by atoms with Crippen LogP contribution in [0.2, 0.25) is 0 Å². The summed E-state index contributed by atoms with van der Waals surface area (Å²) in [4.78, 5) is 4.41. The molecule has 84 valence electrons. The van der Waals surface area contributed by atoms with Crippen LogP contribution >= 0.6 is 0 Å². The molecule has 0 aliphatic carbocycles. The fraction of sp³-hybridized carbons (Fsp3) is 0.0714. The van der Waals surface area contributed by atoms with E-state index in [-0.39, 0.29) is 0 Å². The maximum absolute atomic E-state index is 5.82. The highest BCUT2D eigenvalue weighted by Gasteiger charge is 2.11. The van der Waals surface area contributed by atoms with Crippen LogP contribution in [-0.2, 0) is 0 Å². The third-order valence-electron chi connectivity index (χ3n) is 2.65. The van der Waals surface area contributed by atoms with E-state index in [2.05, 4.69) is 4.99 Å². The highest BCUT2D eigenvalue weighted by Crippen LogP contribution is 2.37. The quantitative estimate of drug-likeness (QED) is 0.634. The fourth-order valence-corrected chi connectivity index (χ4v) is 1.75. The molecule has 0 spiro atoms. The normalized spacial score (nSPS) is 12.1. The number of hydrogen-bond acceptors (Lipinski definition) is 3. The van der Waals surface area contributed by atoms with Crippen molar-refractivity contribution in [1.29, 1.82) is 0 Å². The van der Waals surface area contributed by atoms with Gasteiger partial charge in [0.2, 0.25) is 0 Å². The van der Waals surface area contributed by atoms with Gasteiger partial charge in [0.05, 0.1) is 7.11 Å². The van der Waals surface area contributed by atoms with Crippen LogP contribution in [0.15, 0.2) is 47.5 Å². The van der Waals surface area contributed by atoms with E-state index in [4.69, 9.17) is 9.47 Å². The number of benzene rings is 2. The minimum atomic E-state index is 0.743. The summed E-state index contributed by atoms with van der Waals surface area (Å²) in [6, 6.07) is 13.4. The largest absolute Gasteiger partial charge is 0.497 e. The lowest BCUT2D eigenvalue weighted by atomic mass is 10.2. The molecule has 0 atom stereocenters. The Morgan fingerprint density at radius 3 is 2.82 bits per heavy atom. The molecule has 2 aromatic carbocycles. The van der Waals surface area contributed by atoms with E-state index in [1.807, 2.05) is 42.5 Å². The Kier molecular flexibility index (Phi) is 2.29. The molecule has 0 aromatic heterocycles. The summed E-state index contributed by atoms with van der Waals surface area (Å²) in [5.74, 6) is 2.34.